The van der Waals surface area contributed by atoms with E-state index in [1.54, 1.807) is 6.92 Å². The molecule has 0 aliphatic heterocycles. The lowest BCUT2D eigenvalue weighted by Gasteiger charge is -2.03. The van der Waals surface area contributed by atoms with Crippen LogP contribution in [-0.2, 0) is 6.18 Å². The molecule has 2 aromatic rings. The Hall–Kier alpha value is -2.12. The van der Waals surface area contributed by atoms with Crippen molar-refractivity contribution in [2.45, 2.75) is 13.1 Å². The Morgan fingerprint density at radius 1 is 1.29 bits per heavy atom. The van der Waals surface area contributed by atoms with Crippen molar-refractivity contribution in [1.29, 1.82) is 0 Å². The van der Waals surface area contributed by atoms with Gasteiger partial charge in [0.05, 0.1) is 11.8 Å². The summed E-state index contributed by atoms with van der Waals surface area (Å²) in [5.74, 6) is 0.189. The van der Waals surface area contributed by atoms with E-state index in [9.17, 15) is 13.2 Å². The fourth-order valence-electron chi connectivity index (χ4n) is 1.29. The van der Waals surface area contributed by atoms with E-state index in [0.717, 1.165) is 17.1 Å². The Morgan fingerprint density at radius 3 is 2.53 bits per heavy atom. The molecule has 0 aliphatic rings. The summed E-state index contributed by atoms with van der Waals surface area (Å²) in [4.78, 5) is 7.62. The molecule has 8 heteroatoms. The number of halogens is 3. The van der Waals surface area contributed by atoms with E-state index in [0.29, 0.717) is 5.69 Å². The Bertz CT molecular complexity index is 526. The van der Waals surface area contributed by atoms with Gasteiger partial charge in [-0.2, -0.15) is 23.3 Å². The molecule has 0 fully saturated rings. The zero-order valence-corrected chi connectivity index (χ0v) is 8.73. The fraction of sp³-hybridized carbons (Fsp3) is 0.222. The Kier molecular flexibility index (Phi) is 2.49. The van der Waals surface area contributed by atoms with Crippen LogP contribution in [0.15, 0.2) is 18.5 Å². The summed E-state index contributed by atoms with van der Waals surface area (Å²) >= 11 is 0. The summed E-state index contributed by atoms with van der Waals surface area (Å²) in [7, 11) is 0. The average molecular weight is 243 g/mol. The summed E-state index contributed by atoms with van der Waals surface area (Å²) in [6, 6.07) is 1.49. The van der Waals surface area contributed by atoms with E-state index in [-0.39, 0.29) is 11.8 Å². The second-order valence-corrected chi connectivity index (χ2v) is 3.40. The third kappa shape index (κ3) is 2.35. The Morgan fingerprint density at radius 2 is 2.00 bits per heavy atom. The molecule has 0 atom stereocenters. The smallest absolute Gasteiger partial charge is 0.368 e. The van der Waals surface area contributed by atoms with Crippen molar-refractivity contribution >= 4 is 5.95 Å². The van der Waals surface area contributed by atoms with Crippen LogP contribution in [0.25, 0.3) is 5.82 Å². The lowest BCUT2D eigenvalue weighted by molar-refractivity contribution is -0.137. The minimum atomic E-state index is -4.42. The van der Waals surface area contributed by atoms with Crippen molar-refractivity contribution in [2.24, 2.45) is 0 Å². The topological polar surface area (TPSA) is 69.6 Å². The van der Waals surface area contributed by atoms with E-state index >= 15 is 0 Å². The Labute approximate surface area is 94.1 Å². The van der Waals surface area contributed by atoms with Gasteiger partial charge >= 0.3 is 6.18 Å². The monoisotopic (exact) mass is 243 g/mol. The van der Waals surface area contributed by atoms with Gasteiger partial charge in [0.25, 0.3) is 0 Å². The number of hydrogen-bond donors (Lipinski definition) is 1. The lowest BCUT2D eigenvalue weighted by Crippen LogP contribution is -2.05. The molecule has 0 saturated carbocycles. The van der Waals surface area contributed by atoms with Gasteiger partial charge in [0.15, 0.2) is 5.82 Å². The molecule has 2 heterocycles. The van der Waals surface area contributed by atoms with Crippen molar-refractivity contribution in [1.82, 2.24) is 19.7 Å². The van der Waals surface area contributed by atoms with Crippen LogP contribution in [0.3, 0.4) is 0 Å². The van der Waals surface area contributed by atoms with Gasteiger partial charge in [-0.1, -0.05) is 0 Å². The van der Waals surface area contributed by atoms with Crippen LogP contribution in [0.5, 0.6) is 0 Å². The highest BCUT2D eigenvalue weighted by molar-refractivity contribution is 5.31. The third-order valence-corrected chi connectivity index (χ3v) is 2.00. The molecule has 0 unspecified atom stereocenters. The molecule has 0 aromatic carbocycles. The van der Waals surface area contributed by atoms with Crippen LogP contribution < -0.4 is 5.73 Å². The van der Waals surface area contributed by atoms with Crippen molar-refractivity contribution in [3.63, 3.8) is 0 Å². The highest BCUT2D eigenvalue weighted by Gasteiger charge is 2.32. The highest BCUT2D eigenvalue weighted by Crippen LogP contribution is 2.28. The van der Waals surface area contributed by atoms with Crippen molar-refractivity contribution < 1.29 is 13.2 Å². The minimum absolute atomic E-state index is 0.0101. The maximum Gasteiger partial charge on any atom is 0.419 e. The van der Waals surface area contributed by atoms with E-state index in [1.165, 1.54) is 6.07 Å². The zero-order chi connectivity index (χ0) is 12.6. The van der Waals surface area contributed by atoms with E-state index in [2.05, 4.69) is 15.1 Å². The van der Waals surface area contributed by atoms with Gasteiger partial charge in [0.2, 0.25) is 5.95 Å². The standard InChI is InChI=1S/C9H8F3N5/c1-5-2-7(16-8(13)15-5)17-4-6(3-14-17)9(10,11)12/h2-4H,1H3,(H2,13,15,16). The summed E-state index contributed by atoms with van der Waals surface area (Å²) < 4.78 is 38.1. The Balaban J connectivity index is 2.44. The average Bonchev–Trinajstić information content (AvgIpc) is 2.63. The van der Waals surface area contributed by atoms with E-state index in [1.807, 2.05) is 0 Å². The van der Waals surface area contributed by atoms with Crippen LogP contribution in [-0.4, -0.2) is 19.7 Å². The van der Waals surface area contributed by atoms with Gasteiger partial charge in [-0.3, -0.25) is 0 Å². The number of alkyl halides is 3. The third-order valence-electron chi connectivity index (χ3n) is 2.00. The number of rotatable bonds is 1. The largest absolute Gasteiger partial charge is 0.419 e. The SMILES string of the molecule is Cc1cc(-n2cc(C(F)(F)F)cn2)nc(N)n1. The molecular weight excluding hydrogens is 235 g/mol. The van der Waals surface area contributed by atoms with Gasteiger partial charge in [-0.05, 0) is 6.92 Å². The van der Waals surface area contributed by atoms with E-state index < -0.39 is 11.7 Å². The van der Waals surface area contributed by atoms with Crippen molar-refractivity contribution in [3.05, 3.63) is 29.7 Å². The number of hydrogen-bond acceptors (Lipinski definition) is 4. The summed E-state index contributed by atoms with van der Waals surface area (Å²) in [5.41, 5.74) is 5.12. The zero-order valence-electron chi connectivity index (χ0n) is 8.73. The number of anilines is 1. The molecular formula is C9H8F3N5. The normalized spacial score (nSPS) is 11.8. The van der Waals surface area contributed by atoms with Crippen LogP contribution in [0.2, 0.25) is 0 Å². The van der Waals surface area contributed by atoms with Gasteiger partial charge in [0.1, 0.15) is 0 Å². The first-order valence-electron chi connectivity index (χ1n) is 4.59. The van der Waals surface area contributed by atoms with E-state index in [4.69, 9.17) is 5.73 Å². The van der Waals surface area contributed by atoms with Crippen LogP contribution >= 0.6 is 0 Å². The minimum Gasteiger partial charge on any atom is -0.368 e. The second-order valence-electron chi connectivity index (χ2n) is 3.40. The lowest BCUT2D eigenvalue weighted by atomic mass is 10.3. The fourth-order valence-corrected chi connectivity index (χ4v) is 1.29. The maximum atomic E-state index is 12.4. The van der Waals surface area contributed by atoms with Crippen LogP contribution in [0.4, 0.5) is 19.1 Å². The summed E-state index contributed by atoms with van der Waals surface area (Å²) in [6.07, 6.45) is -2.85. The van der Waals surface area contributed by atoms with Gasteiger partial charge < -0.3 is 5.73 Å². The summed E-state index contributed by atoms with van der Waals surface area (Å²) in [6.45, 7) is 1.66. The van der Waals surface area contributed by atoms with Crippen molar-refractivity contribution in [2.75, 3.05) is 5.73 Å². The van der Waals surface area contributed by atoms with Crippen LogP contribution in [0, 0.1) is 6.92 Å². The molecule has 0 saturated heterocycles. The first-order valence-corrected chi connectivity index (χ1v) is 4.59. The number of nitrogens with two attached hydrogens (primary N) is 1. The van der Waals surface area contributed by atoms with Gasteiger partial charge in [-0.25, -0.2) is 9.67 Å². The molecule has 0 aliphatic carbocycles. The molecule has 90 valence electrons. The molecule has 0 radical (unpaired) electrons. The first-order chi connectivity index (χ1) is 7.86. The number of aromatic nitrogens is 4. The molecule has 2 aromatic heterocycles. The number of nitrogens with zero attached hydrogens (tertiary/aromatic N) is 4. The van der Waals surface area contributed by atoms with Crippen LogP contribution in [0.1, 0.15) is 11.3 Å². The summed E-state index contributed by atoms with van der Waals surface area (Å²) in [5, 5.41) is 3.59. The molecule has 0 amide bonds. The van der Waals surface area contributed by atoms with Gasteiger partial charge in [0, 0.05) is 18.0 Å². The molecule has 0 spiro atoms. The molecule has 5 nitrogen and oxygen atoms in total. The number of aryl methyl sites for hydroxylation is 1. The molecule has 2 N–H and O–H groups in total. The number of nitrogen functional groups attached to an aromatic ring is 1. The molecule has 17 heavy (non-hydrogen) atoms. The quantitative estimate of drug-likeness (QED) is 0.825. The predicted octanol–water partition coefficient (Wildman–Crippen LogP) is 1.57. The molecule has 2 rings (SSSR count). The van der Waals surface area contributed by atoms with Gasteiger partial charge in [-0.15, -0.1) is 0 Å². The maximum absolute atomic E-state index is 12.4. The molecule has 0 bridgehead atoms. The second kappa shape index (κ2) is 3.72. The predicted molar refractivity (Wildman–Crippen MR) is 53.3 cm³/mol. The van der Waals surface area contributed by atoms with Crippen molar-refractivity contribution in [3.8, 4) is 5.82 Å². The highest BCUT2D eigenvalue weighted by atomic mass is 19.4. The first kappa shape index (κ1) is 11.4.